The smallest absolute Gasteiger partial charge is 0.237 e. The number of amides is 1. The molecule has 0 radical (unpaired) electrons. The second-order valence-electron chi connectivity index (χ2n) is 12.0. The van der Waals surface area contributed by atoms with E-state index in [2.05, 4.69) is 20.5 Å². The number of Topliss-reactive ketones (excluding diaryl/α,β-unsaturated/α-hetero) is 1. The Morgan fingerprint density at radius 1 is 0.953 bits per heavy atom. The first kappa shape index (κ1) is 32.5. The predicted octanol–water partition coefficient (Wildman–Crippen LogP) is 5.35. The third-order valence-corrected chi connectivity index (χ3v) is 8.17. The van der Waals surface area contributed by atoms with Gasteiger partial charge in [0.1, 0.15) is 5.82 Å². The fraction of sp³-hybridized carbons (Fsp3) is 0.500. The van der Waals surface area contributed by atoms with E-state index in [-0.39, 0.29) is 30.6 Å². The van der Waals surface area contributed by atoms with Gasteiger partial charge in [0.15, 0.2) is 17.4 Å². The van der Waals surface area contributed by atoms with E-state index in [0.29, 0.717) is 24.2 Å². The van der Waals surface area contributed by atoms with Crippen LogP contribution in [0.2, 0.25) is 0 Å². The van der Waals surface area contributed by atoms with Crippen molar-refractivity contribution in [3.8, 4) is 0 Å². The lowest BCUT2D eigenvalue weighted by atomic mass is 9.96. The fourth-order valence-corrected chi connectivity index (χ4v) is 5.83. The summed E-state index contributed by atoms with van der Waals surface area (Å²) in [6, 6.07) is 10.0. The Morgan fingerprint density at radius 2 is 1.72 bits per heavy atom. The number of piperidine rings is 1. The molecule has 1 aromatic heterocycles. The third-order valence-electron chi connectivity index (χ3n) is 8.17. The second kappa shape index (κ2) is 15.9. The molecule has 9 heteroatoms. The lowest BCUT2D eigenvalue weighted by Crippen LogP contribution is -2.52. The Morgan fingerprint density at radius 3 is 2.47 bits per heavy atom. The molecule has 0 spiro atoms. The number of rotatable bonds is 15. The minimum atomic E-state index is -0.979. The van der Waals surface area contributed by atoms with Crippen molar-refractivity contribution in [3.05, 3.63) is 71.4 Å². The van der Waals surface area contributed by atoms with E-state index in [9.17, 15) is 18.4 Å². The number of hydrogen-bond donors (Lipinski definition) is 3. The summed E-state index contributed by atoms with van der Waals surface area (Å²) in [6.07, 6.45) is 8.72. The van der Waals surface area contributed by atoms with E-state index in [1.54, 1.807) is 6.20 Å². The number of carbonyl (C=O) groups excluding carboxylic acids is 2. The van der Waals surface area contributed by atoms with Crippen molar-refractivity contribution in [3.63, 3.8) is 0 Å². The molecule has 2 aromatic carbocycles. The van der Waals surface area contributed by atoms with Crippen LogP contribution in [0, 0.1) is 11.6 Å². The van der Waals surface area contributed by atoms with Crippen LogP contribution in [0.3, 0.4) is 0 Å². The van der Waals surface area contributed by atoms with Gasteiger partial charge in [0.25, 0.3) is 0 Å². The number of carbonyl (C=O) groups is 2. The normalized spacial score (nSPS) is 15.5. The Kier molecular flexibility index (Phi) is 12.0. The summed E-state index contributed by atoms with van der Waals surface area (Å²) < 4.78 is 27.6. The van der Waals surface area contributed by atoms with Crippen molar-refractivity contribution in [1.82, 2.24) is 20.5 Å². The standard InChI is InChI=1S/C34H45F2N5O2/c1-23(2)39-30(8-4-7-19-41-17-5-3-6-18-41)34(43)40-31(22-25-10-13-28(35)29(36)21-25)32(42)14-11-24-9-12-27-26(20-24)15-16-38-33(27)37/h9-10,12-13,15-16,20-21,23,30-31,39H,3-8,11,14,17-19,22H2,1-2H3,(H2,37,38)(H,40,43)/t30-,31?/m1/s1. The van der Waals surface area contributed by atoms with Crippen LogP contribution in [0.1, 0.15) is 69.9 Å². The van der Waals surface area contributed by atoms with Gasteiger partial charge in [-0.2, -0.15) is 0 Å². The van der Waals surface area contributed by atoms with Gasteiger partial charge < -0.3 is 21.3 Å². The minimum Gasteiger partial charge on any atom is -0.383 e. The minimum absolute atomic E-state index is 0.0745. The SMILES string of the molecule is CC(C)N[C@H](CCCCN1CCCCC1)C(=O)NC(Cc1ccc(F)c(F)c1)C(=O)CCc1ccc2c(N)nccc2c1. The highest BCUT2D eigenvalue weighted by atomic mass is 19.2. The average Bonchev–Trinajstić information content (AvgIpc) is 2.99. The molecule has 1 aliphatic rings. The molecular weight excluding hydrogens is 548 g/mol. The van der Waals surface area contributed by atoms with Gasteiger partial charge in [-0.05, 0) is 92.9 Å². The zero-order valence-electron chi connectivity index (χ0n) is 25.4. The van der Waals surface area contributed by atoms with Gasteiger partial charge in [0.05, 0.1) is 12.1 Å². The molecular formula is C34H45F2N5O2. The van der Waals surface area contributed by atoms with Gasteiger partial charge in [-0.15, -0.1) is 0 Å². The van der Waals surface area contributed by atoms with E-state index in [1.807, 2.05) is 38.1 Å². The number of nitrogens with zero attached hydrogens (tertiary/aromatic N) is 2. The van der Waals surface area contributed by atoms with Crippen LogP contribution in [0.4, 0.5) is 14.6 Å². The lowest BCUT2D eigenvalue weighted by molar-refractivity contribution is -0.129. The number of benzene rings is 2. The number of unbranched alkanes of at least 4 members (excludes halogenated alkanes) is 1. The molecule has 7 nitrogen and oxygen atoms in total. The molecule has 1 unspecified atom stereocenters. The zero-order chi connectivity index (χ0) is 30.8. The number of nitrogen functional groups attached to an aromatic ring is 1. The quantitative estimate of drug-likeness (QED) is 0.206. The third kappa shape index (κ3) is 9.79. The Hall–Kier alpha value is -3.43. The fourth-order valence-electron chi connectivity index (χ4n) is 5.83. The summed E-state index contributed by atoms with van der Waals surface area (Å²) in [5.74, 6) is -1.89. The van der Waals surface area contributed by atoms with Crippen LogP contribution in [0.25, 0.3) is 10.8 Å². The second-order valence-corrected chi connectivity index (χ2v) is 12.0. The number of anilines is 1. The van der Waals surface area contributed by atoms with E-state index in [0.717, 1.165) is 60.9 Å². The van der Waals surface area contributed by atoms with Crippen molar-refractivity contribution >= 4 is 28.3 Å². The van der Waals surface area contributed by atoms with E-state index >= 15 is 0 Å². The van der Waals surface area contributed by atoms with Crippen molar-refractivity contribution in [2.45, 2.75) is 89.8 Å². The number of fused-ring (bicyclic) bond motifs is 1. The number of ketones is 1. The summed E-state index contributed by atoms with van der Waals surface area (Å²) >= 11 is 0. The average molecular weight is 594 g/mol. The van der Waals surface area contributed by atoms with Crippen LogP contribution in [0.5, 0.6) is 0 Å². The van der Waals surface area contributed by atoms with E-state index in [4.69, 9.17) is 5.73 Å². The summed E-state index contributed by atoms with van der Waals surface area (Å²) in [7, 11) is 0. The van der Waals surface area contributed by atoms with E-state index < -0.39 is 23.7 Å². The molecule has 2 atom stereocenters. The molecule has 1 amide bonds. The van der Waals surface area contributed by atoms with Gasteiger partial charge in [0.2, 0.25) is 5.91 Å². The molecule has 43 heavy (non-hydrogen) atoms. The predicted molar refractivity (Wildman–Crippen MR) is 168 cm³/mol. The first-order chi connectivity index (χ1) is 20.7. The maximum atomic E-state index is 14.0. The summed E-state index contributed by atoms with van der Waals surface area (Å²) in [6.45, 7) is 7.31. The van der Waals surface area contributed by atoms with E-state index in [1.165, 1.54) is 25.3 Å². The van der Waals surface area contributed by atoms with Crippen molar-refractivity contribution in [2.75, 3.05) is 25.4 Å². The first-order valence-corrected chi connectivity index (χ1v) is 15.6. The molecule has 2 heterocycles. The number of hydrogen-bond acceptors (Lipinski definition) is 6. The maximum absolute atomic E-state index is 14.0. The van der Waals surface area contributed by atoms with Crippen molar-refractivity contribution < 1.29 is 18.4 Å². The van der Waals surface area contributed by atoms with Crippen LogP contribution in [-0.2, 0) is 22.4 Å². The highest BCUT2D eigenvalue weighted by Gasteiger charge is 2.26. The Bertz CT molecular complexity index is 1380. The molecule has 1 saturated heterocycles. The molecule has 232 valence electrons. The van der Waals surface area contributed by atoms with Gasteiger partial charge >= 0.3 is 0 Å². The number of halogens is 2. The van der Waals surface area contributed by atoms with Crippen molar-refractivity contribution in [2.24, 2.45) is 0 Å². The Labute approximate surface area is 253 Å². The van der Waals surface area contributed by atoms with Crippen LogP contribution < -0.4 is 16.4 Å². The highest BCUT2D eigenvalue weighted by Crippen LogP contribution is 2.21. The molecule has 0 bridgehead atoms. The van der Waals surface area contributed by atoms with Gasteiger partial charge in [-0.1, -0.05) is 51.0 Å². The molecule has 0 saturated carbocycles. The summed E-state index contributed by atoms with van der Waals surface area (Å²) in [5, 5.41) is 8.11. The first-order valence-electron chi connectivity index (χ1n) is 15.6. The number of nitrogens with two attached hydrogens (primary N) is 1. The molecule has 4 N–H and O–H groups in total. The molecule has 1 fully saturated rings. The van der Waals surface area contributed by atoms with Crippen molar-refractivity contribution in [1.29, 1.82) is 0 Å². The number of pyridine rings is 1. The van der Waals surface area contributed by atoms with Gasteiger partial charge in [-0.3, -0.25) is 9.59 Å². The number of nitrogens with one attached hydrogen (secondary N) is 2. The summed E-state index contributed by atoms with van der Waals surface area (Å²) in [4.78, 5) is 33.7. The highest BCUT2D eigenvalue weighted by molar-refractivity contribution is 5.92. The van der Waals surface area contributed by atoms with Crippen LogP contribution in [0.15, 0.2) is 48.7 Å². The number of likely N-dealkylation sites (tertiary alicyclic amines) is 1. The largest absolute Gasteiger partial charge is 0.383 e. The van der Waals surface area contributed by atoms with Gasteiger partial charge in [-0.25, -0.2) is 13.8 Å². The monoisotopic (exact) mass is 593 g/mol. The topological polar surface area (TPSA) is 100 Å². The molecule has 3 aromatic rings. The van der Waals surface area contributed by atoms with Crippen LogP contribution >= 0.6 is 0 Å². The number of aryl methyl sites for hydroxylation is 1. The lowest BCUT2D eigenvalue weighted by Gasteiger charge is -2.27. The maximum Gasteiger partial charge on any atom is 0.237 e. The van der Waals surface area contributed by atoms with Gasteiger partial charge in [0, 0.05) is 24.0 Å². The van der Waals surface area contributed by atoms with Crippen LogP contribution in [-0.4, -0.2) is 59.3 Å². The number of aromatic nitrogens is 1. The molecule has 1 aliphatic heterocycles. The molecule has 0 aliphatic carbocycles. The zero-order valence-corrected chi connectivity index (χ0v) is 25.4. The summed E-state index contributed by atoms with van der Waals surface area (Å²) in [5.41, 5.74) is 7.37. The Balaban J connectivity index is 1.42. The molecule has 4 rings (SSSR count).